The summed E-state index contributed by atoms with van der Waals surface area (Å²) < 4.78 is 0. The molecule has 98 valence electrons. The van der Waals surface area contributed by atoms with Crippen LogP contribution >= 0.6 is 0 Å². The van der Waals surface area contributed by atoms with Gasteiger partial charge in [-0.15, -0.1) is 0 Å². The smallest absolute Gasteiger partial charge is 0.0705 e. The van der Waals surface area contributed by atoms with Crippen molar-refractivity contribution in [3.05, 3.63) is 54.2 Å². The van der Waals surface area contributed by atoms with E-state index in [9.17, 15) is 0 Å². The topological polar surface area (TPSA) is 24.9 Å². The maximum absolute atomic E-state index is 4.66. The van der Waals surface area contributed by atoms with Gasteiger partial charge in [0, 0.05) is 23.5 Å². The van der Waals surface area contributed by atoms with Gasteiger partial charge in [-0.3, -0.25) is 4.98 Å². The monoisotopic (exact) mass is 252 g/mol. The summed E-state index contributed by atoms with van der Waals surface area (Å²) in [6.07, 6.45) is 9.26. The Balaban J connectivity index is 1.51. The minimum Gasteiger partial charge on any atom is -0.314 e. The van der Waals surface area contributed by atoms with Gasteiger partial charge < -0.3 is 5.32 Å². The summed E-state index contributed by atoms with van der Waals surface area (Å²) in [6.45, 7) is 1.10. The van der Waals surface area contributed by atoms with E-state index in [1.54, 1.807) is 0 Å². The third-order valence-corrected chi connectivity index (χ3v) is 3.47. The van der Waals surface area contributed by atoms with Crippen LogP contribution in [0, 0.1) is 0 Å². The van der Waals surface area contributed by atoms with Crippen molar-refractivity contribution < 1.29 is 0 Å². The molecule has 0 spiro atoms. The highest BCUT2D eigenvalue weighted by Crippen LogP contribution is 2.18. The lowest BCUT2D eigenvalue weighted by Gasteiger charge is -2.00. The zero-order chi connectivity index (χ0) is 12.9. The van der Waals surface area contributed by atoms with Crippen LogP contribution in [0.3, 0.4) is 0 Å². The van der Waals surface area contributed by atoms with Crippen LogP contribution in [0.1, 0.15) is 25.0 Å². The van der Waals surface area contributed by atoms with E-state index in [1.807, 2.05) is 6.07 Å². The molecule has 2 nitrogen and oxygen atoms in total. The average Bonchev–Trinajstić information content (AvgIpc) is 3.27. The lowest BCUT2D eigenvalue weighted by Crippen LogP contribution is -2.16. The van der Waals surface area contributed by atoms with Gasteiger partial charge in [0.25, 0.3) is 0 Å². The summed E-state index contributed by atoms with van der Waals surface area (Å²) in [4.78, 5) is 4.66. The Morgan fingerprint density at radius 2 is 2.00 bits per heavy atom. The predicted molar refractivity (Wildman–Crippen MR) is 80.2 cm³/mol. The van der Waals surface area contributed by atoms with Gasteiger partial charge in [0.1, 0.15) is 0 Å². The number of benzene rings is 1. The van der Waals surface area contributed by atoms with Crippen molar-refractivity contribution in [2.75, 3.05) is 6.54 Å². The summed E-state index contributed by atoms with van der Waals surface area (Å²) in [5.74, 6) is 0. The van der Waals surface area contributed by atoms with E-state index in [2.05, 4.69) is 52.8 Å². The second-order valence-corrected chi connectivity index (χ2v) is 5.19. The number of nitrogens with zero attached hydrogens (tertiary/aromatic N) is 1. The summed E-state index contributed by atoms with van der Waals surface area (Å²) in [7, 11) is 0. The van der Waals surface area contributed by atoms with Crippen LogP contribution in [-0.2, 0) is 6.42 Å². The van der Waals surface area contributed by atoms with Gasteiger partial charge in [-0.1, -0.05) is 36.4 Å². The van der Waals surface area contributed by atoms with Crippen molar-refractivity contribution in [1.82, 2.24) is 10.3 Å². The molecule has 2 heteroatoms. The number of hydrogen-bond donors (Lipinski definition) is 1. The summed E-state index contributed by atoms with van der Waals surface area (Å²) in [5.41, 5.74) is 2.23. The normalized spacial score (nSPS) is 15.4. The average molecular weight is 252 g/mol. The van der Waals surface area contributed by atoms with Crippen LogP contribution in [0.4, 0.5) is 0 Å². The number of rotatable bonds is 6. The number of fused-ring (bicyclic) bond motifs is 1. The zero-order valence-electron chi connectivity index (χ0n) is 11.2. The Labute approximate surface area is 114 Å². The molecule has 0 unspecified atom stereocenters. The van der Waals surface area contributed by atoms with E-state index in [0.717, 1.165) is 36.6 Å². The van der Waals surface area contributed by atoms with Crippen molar-refractivity contribution in [3.8, 4) is 0 Å². The summed E-state index contributed by atoms with van der Waals surface area (Å²) >= 11 is 0. The molecule has 0 saturated heterocycles. The Morgan fingerprint density at radius 3 is 2.89 bits per heavy atom. The fourth-order valence-electron chi connectivity index (χ4n) is 2.20. The number of allylic oxidation sites excluding steroid dienone is 1. The molecule has 0 aliphatic heterocycles. The van der Waals surface area contributed by atoms with E-state index in [0.29, 0.717) is 0 Å². The molecule has 3 rings (SSSR count). The molecule has 1 heterocycles. The van der Waals surface area contributed by atoms with E-state index < -0.39 is 0 Å². The molecule has 0 bridgehead atoms. The van der Waals surface area contributed by atoms with Crippen LogP contribution in [0.25, 0.3) is 10.9 Å². The predicted octanol–water partition coefficient (Wildman–Crippen LogP) is 3.48. The van der Waals surface area contributed by atoms with Gasteiger partial charge in [-0.25, -0.2) is 0 Å². The molecule has 1 aromatic carbocycles. The number of aromatic nitrogens is 1. The minimum absolute atomic E-state index is 0.815. The lowest BCUT2D eigenvalue weighted by molar-refractivity contribution is 0.690. The van der Waals surface area contributed by atoms with Crippen molar-refractivity contribution >= 4 is 10.9 Å². The second-order valence-electron chi connectivity index (χ2n) is 5.19. The Bertz CT molecular complexity index is 570. The van der Waals surface area contributed by atoms with E-state index in [1.165, 1.54) is 18.2 Å². The number of pyridine rings is 1. The Kier molecular flexibility index (Phi) is 3.89. The first kappa shape index (κ1) is 12.4. The highest BCUT2D eigenvalue weighted by Gasteiger charge is 2.19. The van der Waals surface area contributed by atoms with E-state index >= 15 is 0 Å². The Morgan fingerprint density at radius 1 is 1.11 bits per heavy atom. The van der Waals surface area contributed by atoms with Crippen molar-refractivity contribution in [3.63, 3.8) is 0 Å². The van der Waals surface area contributed by atoms with E-state index in [-0.39, 0.29) is 0 Å². The first-order chi connectivity index (χ1) is 9.42. The van der Waals surface area contributed by atoms with Crippen LogP contribution < -0.4 is 5.32 Å². The maximum Gasteiger partial charge on any atom is 0.0705 e. The minimum atomic E-state index is 0.815. The van der Waals surface area contributed by atoms with Gasteiger partial charge in [-0.2, -0.15) is 0 Å². The van der Waals surface area contributed by atoms with Gasteiger partial charge in [0.15, 0.2) is 0 Å². The molecule has 0 atom stereocenters. The van der Waals surface area contributed by atoms with Crippen molar-refractivity contribution in [2.24, 2.45) is 0 Å². The zero-order valence-corrected chi connectivity index (χ0v) is 11.2. The molecule has 1 fully saturated rings. The third kappa shape index (κ3) is 3.65. The first-order valence-electron chi connectivity index (χ1n) is 7.15. The molecule has 1 aromatic heterocycles. The molecule has 19 heavy (non-hydrogen) atoms. The molecule has 1 aliphatic carbocycles. The largest absolute Gasteiger partial charge is 0.314 e. The molecule has 1 saturated carbocycles. The summed E-state index contributed by atoms with van der Waals surface area (Å²) in [6, 6.07) is 13.4. The van der Waals surface area contributed by atoms with Crippen molar-refractivity contribution in [1.29, 1.82) is 0 Å². The van der Waals surface area contributed by atoms with Crippen LogP contribution in [0.2, 0.25) is 0 Å². The molecular weight excluding hydrogens is 232 g/mol. The van der Waals surface area contributed by atoms with Crippen LogP contribution in [0.15, 0.2) is 48.6 Å². The standard InChI is InChI=1S/C17H20N2/c1(5-13-18-15-11-12-15)2-7-16-10-9-14-6-3-4-8-17(14)19-16/h1-4,6,8-10,15,18H,5,7,11-13H2. The number of para-hydroxylation sites is 1. The Hall–Kier alpha value is -1.67. The SMILES string of the molecule is C(=CCc1ccc2ccccc2n1)CCNC1CC1. The first-order valence-corrected chi connectivity index (χ1v) is 7.15. The van der Waals surface area contributed by atoms with Gasteiger partial charge in [-0.05, 0) is 37.9 Å². The van der Waals surface area contributed by atoms with Gasteiger partial charge in [0.2, 0.25) is 0 Å². The highest BCUT2D eigenvalue weighted by atomic mass is 14.9. The quantitative estimate of drug-likeness (QED) is 0.629. The molecule has 2 aromatic rings. The molecule has 1 aliphatic rings. The van der Waals surface area contributed by atoms with Gasteiger partial charge >= 0.3 is 0 Å². The maximum atomic E-state index is 4.66. The van der Waals surface area contributed by atoms with Crippen molar-refractivity contribution in [2.45, 2.75) is 31.7 Å². The lowest BCUT2D eigenvalue weighted by atomic mass is 10.1. The molecule has 0 amide bonds. The van der Waals surface area contributed by atoms with Crippen LogP contribution in [0.5, 0.6) is 0 Å². The molecule has 0 radical (unpaired) electrons. The third-order valence-electron chi connectivity index (χ3n) is 3.47. The van der Waals surface area contributed by atoms with E-state index in [4.69, 9.17) is 0 Å². The summed E-state index contributed by atoms with van der Waals surface area (Å²) in [5, 5.41) is 4.72. The molecular formula is C17H20N2. The highest BCUT2D eigenvalue weighted by molar-refractivity contribution is 5.78. The number of hydrogen-bond acceptors (Lipinski definition) is 2. The fourth-order valence-corrected chi connectivity index (χ4v) is 2.20. The fraction of sp³-hybridized carbons (Fsp3) is 0.353. The molecule has 1 N–H and O–H groups in total. The van der Waals surface area contributed by atoms with Gasteiger partial charge in [0.05, 0.1) is 5.52 Å². The van der Waals surface area contributed by atoms with Crippen LogP contribution in [-0.4, -0.2) is 17.6 Å². The number of nitrogens with one attached hydrogen (secondary N) is 1. The second kappa shape index (κ2) is 5.98.